The van der Waals surface area contributed by atoms with Crippen LogP contribution in [-0.4, -0.2) is 52.9 Å². The summed E-state index contributed by atoms with van der Waals surface area (Å²) in [6.45, 7) is 5.06. The molecule has 34 heavy (non-hydrogen) atoms. The Hall–Kier alpha value is -3.24. The highest BCUT2D eigenvalue weighted by Crippen LogP contribution is 2.34. The molecule has 5 aromatic rings. The van der Waals surface area contributed by atoms with Crippen molar-refractivity contribution in [3.8, 4) is 22.5 Å². The fraction of sp³-hybridized carbons (Fsp3) is 0.250. The SMILES string of the molecule is CSc1nnc(SC)c2c1nc(C(C)C)n2Cc1ccc(-c2ccccc2-c2nnn[nH]2)cc1. The Bertz CT molecular complexity index is 1430. The Labute approximate surface area is 206 Å². The van der Waals surface area contributed by atoms with Gasteiger partial charge < -0.3 is 4.57 Å². The second-order valence-corrected chi connectivity index (χ2v) is 9.71. The maximum atomic E-state index is 5.00. The number of thioether (sulfide) groups is 2. The normalized spacial score (nSPS) is 11.6. The van der Waals surface area contributed by atoms with Crippen molar-refractivity contribution in [2.45, 2.75) is 36.4 Å². The van der Waals surface area contributed by atoms with Gasteiger partial charge in [0.25, 0.3) is 0 Å². The van der Waals surface area contributed by atoms with Crippen LogP contribution in [0.4, 0.5) is 0 Å². The first-order valence-electron chi connectivity index (χ1n) is 10.9. The van der Waals surface area contributed by atoms with Crippen molar-refractivity contribution in [1.29, 1.82) is 0 Å². The molecule has 3 aromatic heterocycles. The van der Waals surface area contributed by atoms with Crippen LogP contribution in [0, 0.1) is 0 Å². The number of rotatable bonds is 7. The van der Waals surface area contributed by atoms with Gasteiger partial charge in [0, 0.05) is 18.0 Å². The largest absolute Gasteiger partial charge is 0.321 e. The average Bonchev–Trinajstić information content (AvgIpc) is 3.53. The molecule has 0 aliphatic carbocycles. The number of H-pyrrole nitrogens is 1. The van der Waals surface area contributed by atoms with Crippen molar-refractivity contribution in [3.05, 3.63) is 59.9 Å². The number of hydrogen-bond acceptors (Lipinski definition) is 8. The summed E-state index contributed by atoms with van der Waals surface area (Å²) in [5.41, 5.74) is 6.34. The van der Waals surface area contributed by atoms with Crippen LogP contribution in [-0.2, 0) is 6.54 Å². The number of benzene rings is 2. The number of tetrazole rings is 1. The molecule has 10 heteroatoms. The Balaban J connectivity index is 1.55. The van der Waals surface area contributed by atoms with Crippen LogP contribution in [0.2, 0.25) is 0 Å². The molecule has 0 aliphatic rings. The van der Waals surface area contributed by atoms with Gasteiger partial charge in [0.05, 0.1) is 0 Å². The lowest BCUT2D eigenvalue weighted by Gasteiger charge is -2.13. The number of imidazole rings is 1. The molecule has 0 saturated carbocycles. The molecule has 0 spiro atoms. The Morgan fingerprint density at radius 1 is 0.882 bits per heavy atom. The van der Waals surface area contributed by atoms with Gasteiger partial charge in [-0.15, -0.1) is 38.8 Å². The molecule has 8 nitrogen and oxygen atoms in total. The molecule has 0 fully saturated rings. The quantitative estimate of drug-likeness (QED) is 0.309. The standard InChI is InChI=1S/C24H24N8S2/c1-14(2)22-25-19-20(24(34-4)29-28-23(19)33-3)32(22)13-15-9-11-16(12-10-15)17-7-5-6-8-18(17)21-26-30-31-27-21/h5-12,14H,13H2,1-4H3,(H,26,27,30,31). The number of aromatic amines is 1. The molecule has 5 rings (SSSR count). The number of nitrogens with zero attached hydrogens (tertiary/aromatic N) is 7. The maximum absolute atomic E-state index is 5.00. The monoisotopic (exact) mass is 488 g/mol. The summed E-state index contributed by atoms with van der Waals surface area (Å²) < 4.78 is 2.30. The minimum absolute atomic E-state index is 0.276. The first kappa shape index (κ1) is 22.5. The van der Waals surface area contributed by atoms with Gasteiger partial charge in [-0.2, -0.15) is 0 Å². The Morgan fingerprint density at radius 2 is 1.59 bits per heavy atom. The van der Waals surface area contributed by atoms with E-state index in [1.807, 2.05) is 30.7 Å². The highest BCUT2D eigenvalue weighted by atomic mass is 32.2. The number of hydrogen-bond donors (Lipinski definition) is 1. The first-order chi connectivity index (χ1) is 16.6. The average molecular weight is 489 g/mol. The molecule has 0 radical (unpaired) electrons. The predicted octanol–water partition coefficient (Wildman–Crippen LogP) is 5.29. The number of nitrogens with one attached hydrogen (secondary N) is 1. The van der Waals surface area contributed by atoms with Crippen LogP contribution < -0.4 is 0 Å². The highest BCUT2D eigenvalue weighted by molar-refractivity contribution is 7.99. The zero-order valence-corrected chi connectivity index (χ0v) is 21.0. The molecule has 2 aromatic carbocycles. The third-order valence-electron chi connectivity index (χ3n) is 5.67. The van der Waals surface area contributed by atoms with E-state index in [2.05, 4.69) is 79.6 Å². The number of fused-ring (bicyclic) bond motifs is 1. The molecular formula is C24H24N8S2. The van der Waals surface area contributed by atoms with E-state index in [9.17, 15) is 0 Å². The van der Waals surface area contributed by atoms with Crippen LogP contribution in [0.1, 0.15) is 31.2 Å². The van der Waals surface area contributed by atoms with Gasteiger partial charge in [-0.1, -0.05) is 62.4 Å². The van der Waals surface area contributed by atoms with E-state index < -0.39 is 0 Å². The molecule has 1 N–H and O–H groups in total. The minimum atomic E-state index is 0.276. The zero-order chi connectivity index (χ0) is 23.7. The third-order valence-corrected chi connectivity index (χ3v) is 6.99. The van der Waals surface area contributed by atoms with Gasteiger partial charge in [-0.25, -0.2) is 10.1 Å². The lowest BCUT2D eigenvalue weighted by atomic mass is 9.98. The summed E-state index contributed by atoms with van der Waals surface area (Å²) in [7, 11) is 0. The molecular weight excluding hydrogens is 464 g/mol. The third kappa shape index (κ3) is 4.07. The zero-order valence-electron chi connectivity index (χ0n) is 19.4. The van der Waals surface area contributed by atoms with Crippen LogP contribution in [0.3, 0.4) is 0 Å². The summed E-state index contributed by atoms with van der Waals surface area (Å²) in [5.74, 6) is 1.97. The van der Waals surface area contributed by atoms with Gasteiger partial charge in [-0.3, -0.25) is 0 Å². The fourth-order valence-electron chi connectivity index (χ4n) is 4.08. The minimum Gasteiger partial charge on any atom is -0.321 e. The van der Waals surface area contributed by atoms with E-state index >= 15 is 0 Å². The van der Waals surface area contributed by atoms with E-state index in [1.165, 1.54) is 5.56 Å². The van der Waals surface area contributed by atoms with Crippen LogP contribution >= 0.6 is 23.5 Å². The topological polar surface area (TPSA) is 98.1 Å². The molecule has 0 unspecified atom stereocenters. The molecule has 0 aliphatic heterocycles. The van der Waals surface area contributed by atoms with Crippen molar-refractivity contribution in [3.63, 3.8) is 0 Å². The van der Waals surface area contributed by atoms with Crippen LogP contribution in [0.15, 0.2) is 58.6 Å². The predicted molar refractivity (Wildman–Crippen MR) is 137 cm³/mol. The van der Waals surface area contributed by atoms with E-state index in [0.29, 0.717) is 12.4 Å². The first-order valence-corrected chi connectivity index (χ1v) is 13.3. The molecule has 3 heterocycles. The van der Waals surface area contributed by atoms with E-state index in [-0.39, 0.29) is 5.92 Å². The van der Waals surface area contributed by atoms with Gasteiger partial charge >= 0.3 is 0 Å². The fourth-order valence-corrected chi connectivity index (χ4v) is 5.07. The van der Waals surface area contributed by atoms with Crippen LogP contribution in [0.25, 0.3) is 33.5 Å². The molecule has 172 valence electrons. The van der Waals surface area contributed by atoms with E-state index in [1.54, 1.807) is 23.5 Å². The number of aromatic nitrogens is 8. The maximum Gasteiger partial charge on any atom is 0.180 e. The van der Waals surface area contributed by atoms with Crippen molar-refractivity contribution in [2.75, 3.05) is 12.5 Å². The Morgan fingerprint density at radius 3 is 2.24 bits per heavy atom. The summed E-state index contributed by atoms with van der Waals surface area (Å²) in [4.78, 5) is 5.00. The molecule has 0 amide bonds. The molecule has 0 saturated heterocycles. The summed E-state index contributed by atoms with van der Waals surface area (Å²) in [6, 6.07) is 16.8. The van der Waals surface area contributed by atoms with Crippen molar-refractivity contribution >= 4 is 34.6 Å². The molecule has 0 bridgehead atoms. The van der Waals surface area contributed by atoms with Crippen molar-refractivity contribution in [1.82, 2.24) is 40.4 Å². The van der Waals surface area contributed by atoms with Gasteiger partial charge in [0.1, 0.15) is 26.9 Å². The van der Waals surface area contributed by atoms with E-state index in [0.717, 1.165) is 43.6 Å². The van der Waals surface area contributed by atoms with Gasteiger partial charge in [0.2, 0.25) is 0 Å². The summed E-state index contributed by atoms with van der Waals surface area (Å²) in [6.07, 6.45) is 4.05. The summed E-state index contributed by atoms with van der Waals surface area (Å²) >= 11 is 3.19. The van der Waals surface area contributed by atoms with Crippen molar-refractivity contribution in [2.24, 2.45) is 0 Å². The van der Waals surface area contributed by atoms with Crippen LogP contribution in [0.5, 0.6) is 0 Å². The second kappa shape index (κ2) is 9.55. The summed E-state index contributed by atoms with van der Waals surface area (Å²) in [5, 5.41) is 25.0. The van der Waals surface area contributed by atoms with Gasteiger partial charge in [0.15, 0.2) is 5.82 Å². The second-order valence-electron chi connectivity index (χ2n) is 8.12. The lowest BCUT2D eigenvalue weighted by molar-refractivity contribution is 0.679. The highest BCUT2D eigenvalue weighted by Gasteiger charge is 2.21. The van der Waals surface area contributed by atoms with E-state index in [4.69, 9.17) is 4.98 Å². The van der Waals surface area contributed by atoms with Gasteiger partial charge in [-0.05, 0) is 39.6 Å². The lowest BCUT2D eigenvalue weighted by Crippen LogP contribution is -2.07. The molecule has 0 atom stereocenters. The Kier molecular flexibility index (Phi) is 6.34. The van der Waals surface area contributed by atoms with Crippen molar-refractivity contribution < 1.29 is 0 Å². The smallest absolute Gasteiger partial charge is 0.180 e.